The number of carbonyl (C=O) groups excluding carboxylic acids is 2. The van der Waals surface area contributed by atoms with E-state index in [1.807, 2.05) is 18.2 Å². The van der Waals surface area contributed by atoms with Gasteiger partial charge in [-0.05, 0) is 73.2 Å². The summed E-state index contributed by atoms with van der Waals surface area (Å²) in [6.45, 7) is 0. The number of carbonyl (C=O) groups is 2. The van der Waals surface area contributed by atoms with Crippen molar-refractivity contribution in [3.63, 3.8) is 0 Å². The highest BCUT2D eigenvalue weighted by Gasteiger charge is 2.19. The molecular formula is C23H21ClN2O3S. The number of rotatable bonds is 5. The van der Waals surface area contributed by atoms with Crippen LogP contribution in [0.4, 0.5) is 5.69 Å². The Kier molecular flexibility index (Phi) is 6.25. The van der Waals surface area contributed by atoms with Gasteiger partial charge in [-0.2, -0.15) is 0 Å². The van der Waals surface area contributed by atoms with Crippen molar-refractivity contribution in [3.8, 4) is 0 Å². The third-order valence-corrected chi connectivity index (χ3v) is 6.42. The van der Waals surface area contributed by atoms with Gasteiger partial charge in [0.15, 0.2) is 0 Å². The van der Waals surface area contributed by atoms with Crippen LogP contribution in [0.2, 0.25) is 5.02 Å². The second kappa shape index (κ2) is 9.06. The first-order chi connectivity index (χ1) is 14.5. The lowest BCUT2D eigenvalue weighted by Crippen LogP contribution is -2.15. The fraction of sp³-hybridized carbons (Fsp3) is 0.261. The number of benzene rings is 2. The molecule has 3 aromatic rings. The molecule has 0 radical (unpaired) electrons. The monoisotopic (exact) mass is 440 g/mol. The number of aromatic nitrogens is 1. The van der Waals surface area contributed by atoms with E-state index in [2.05, 4.69) is 10.1 Å². The molecule has 1 aliphatic carbocycles. The van der Waals surface area contributed by atoms with Gasteiger partial charge in [0, 0.05) is 16.1 Å². The van der Waals surface area contributed by atoms with Crippen molar-refractivity contribution in [2.24, 2.45) is 0 Å². The largest absolute Gasteiger partial charge is 0.465 e. The molecule has 0 unspecified atom stereocenters. The van der Waals surface area contributed by atoms with E-state index in [1.54, 1.807) is 24.3 Å². The van der Waals surface area contributed by atoms with E-state index in [0.717, 1.165) is 35.2 Å². The van der Waals surface area contributed by atoms with E-state index < -0.39 is 5.97 Å². The zero-order valence-corrected chi connectivity index (χ0v) is 18.1. The SMILES string of the molecule is COC(=O)c1ccc(NC(=O)CSc2nc3cc(Cl)ccc3c3c2CCCC3)cc1. The van der Waals surface area contributed by atoms with E-state index in [4.69, 9.17) is 16.6 Å². The minimum Gasteiger partial charge on any atom is -0.465 e. The maximum Gasteiger partial charge on any atom is 0.337 e. The Hall–Kier alpha value is -2.57. The Bertz CT molecular complexity index is 1120. The lowest BCUT2D eigenvalue weighted by molar-refractivity contribution is -0.113. The fourth-order valence-corrected chi connectivity index (χ4v) is 4.79. The van der Waals surface area contributed by atoms with Crippen LogP contribution in [0, 0.1) is 0 Å². The zero-order valence-electron chi connectivity index (χ0n) is 16.5. The molecular weight excluding hydrogens is 420 g/mol. The standard InChI is InChI=1S/C23H21ClN2O3S/c1-29-23(28)14-6-9-16(10-7-14)25-21(27)13-30-22-19-5-3-2-4-17(19)18-11-8-15(24)12-20(18)26-22/h6-12H,2-5,13H2,1H3,(H,25,27). The number of hydrogen-bond acceptors (Lipinski definition) is 5. The normalized spacial score (nSPS) is 13.0. The van der Waals surface area contributed by atoms with Crippen LogP contribution in [-0.2, 0) is 22.4 Å². The predicted octanol–water partition coefficient (Wildman–Crippen LogP) is 5.28. The van der Waals surface area contributed by atoms with Crippen LogP contribution < -0.4 is 5.32 Å². The summed E-state index contributed by atoms with van der Waals surface area (Å²) in [5, 5.41) is 5.60. The summed E-state index contributed by atoms with van der Waals surface area (Å²) >= 11 is 7.63. The number of fused-ring (bicyclic) bond motifs is 3. The first-order valence-corrected chi connectivity index (χ1v) is 11.1. The van der Waals surface area contributed by atoms with E-state index >= 15 is 0 Å². The number of esters is 1. The minimum atomic E-state index is -0.407. The fourth-order valence-electron chi connectivity index (χ4n) is 3.73. The number of halogens is 1. The maximum absolute atomic E-state index is 12.5. The maximum atomic E-state index is 12.5. The van der Waals surface area contributed by atoms with E-state index in [0.29, 0.717) is 16.3 Å². The van der Waals surface area contributed by atoms with Gasteiger partial charge in [0.05, 0.1) is 23.9 Å². The molecule has 1 aliphatic rings. The molecule has 1 aromatic heterocycles. The molecule has 2 aromatic carbocycles. The third-order valence-electron chi connectivity index (χ3n) is 5.16. The van der Waals surface area contributed by atoms with Crippen LogP contribution in [0.15, 0.2) is 47.5 Å². The molecule has 0 atom stereocenters. The molecule has 0 aliphatic heterocycles. The second-order valence-corrected chi connectivity index (χ2v) is 8.55. The zero-order chi connectivity index (χ0) is 21.1. The highest BCUT2D eigenvalue weighted by molar-refractivity contribution is 8.00. The van der Waals surface area contributed by atoms with Gasteiger partial charge in [0.1, 0.15) is 5.03 Å². The van der Waals surface area contributed by atoms with E-state index in [9.17, 15) is 9.59 Å². The Morgan fingerprint density at radius 2 is 1.83 bits per heavy atom. The summed E-state index contributed by atoms with van der Waals surface area (Å²) in [6.07, 6.45) is 4.32. The number of anilines is 1. The van der Waals surface area contributed by atoms with Gasteiger partial charge in [0.25, 0.3) is 0 Å². The average Bonchev–Trinajstić information content (AvgIpc) is 2.77. The minimum absolute atomic E-state index is 0.122. The highest BCUT2D eigenvalue weighted by atomic mass is 35.5. The van der Waals surface area contributed by atoms with Gasteiger partial charge in [-0.3, -0.25) is 4.79 Å². The molecule has 1 heterocycles. The van der Waals surface area contributed by atoms with Gasteiger partial charge < -0.3 is 10.1 Å². The number of pyridine rings is 1. The molecule has 0 spiro atoms. The number of methoxy groups -OCH3 is 1. The van der Waals surface area contributed by atoms with Crippen LogP contribution >= 0.6 is 23.4 Å². The molecule has 5 nitrogen and oxygen atoms in total. The van der Waals surface area contributed by atoms with Crippen molar-refractivity contribution < 1.29 is 14.3 Å². The van der Waals surface area contributed by atoms with Crippen LogP contribution in [0.5, 0.6) is 0 Å². The van der Waals surface area contributed by atoms with Crippen molar-refractivity contribution >= 4 is 51.8 Å². The highest BCUT2D eigenvalue weighted by Crippen LogP contribution is 2.35. The van der Waals surface area contributed by atoms with E-state index in [1.165, 1.54) is 36.4 Å². The summed E-state index contributed by atoms with van der Waals surface area (Å²) in [6, 6.07) is 12.5. The van der Waals surface area contributed by atoms with Crippen molar-refractivity contribution in [1.29, 1.82) is 0 Å². The van der Waals surface area contributed by atoms with Gasteiger partial charge >= 0.3 is 5.97 Å². The van der Waals surface area contributed by atoms with Gasteiger partial charge in [-0.15, -0.1) is 0 Å². The number of ether oxygens (including phenoxy) is 1. The number of hydrogen-bond donors (Lipinski definition) is 1. The Balaban J connectivity index is 1.49. The molecule has 1 N–H and O–H groups in total. The Morgan fingerprint density at radius 1 is 1.10 bits per heavy atom. The van der Waals surface area contributed by atoms with Crippen molar-refractivity contribution in [3.05, 3.63) is 64.2 Å². The van der Waals surface area contributed by atoms with Gasteiger partial charge in [-0.25, -0.2) is 9.78 Å². The molecule has 30 heavy (non-hydrogen) atoms. The van der Waals surface area contributed by atoms with Gasteiger partial charge in [-0.1, -0.05) is 29.4 Å². The van der Waals surface area contributed by atoms with Crippen molar-refractivity contribution in [2.45, 2.75) is 30.7 Å². The number of amides is 1. The van der Waals surface area contributed by atoms with Crippen LogP contribution in [0.3, 0.4) is 0 Å². The topological polar surface area (TPSA) is 68.3 Å². The molecule has 0 saturated carbocycles. The van der Waals surface area contributed by atoms with Crippen LogP contribution in [0.1, 0.15) is 34.3 Å². The first-order valence-electron chi connectivity index (χ1n) is 9.77. The average molecular weight is 441 g/mol. The third kappa shape index (κ3) is 4.45. The molecule has 154 valence electrons. The second-order valence-electron chi connectivity index (χ2n) is 7.15. The smallest absolute Gasteiger partial charge is 0.337 e. The van der Waals surface area contributed by atoms with Crippen LogP contribution in [-0.4, -0.2) is 29.7 Å². The molecule has 0 bridgehead atoms. The molecule has 7 heteroatoms. The molecule has 0 fully saturated rings. The van der Waals surface area contributed by atoms with Crippen molar-refractivity contribution in [1.82, 2.24) is 4.98 Å². The molecule has 0 saturated heterocycles. The summed E-state index contributed by atoms with van der Waals surface area (Å²) in [5.41, 5.74) is 4.55. The van der Waals surface area contributed by atoms with Crippen LogP contribution in [0.25, 0.3) is 10.9 Å². The predicted molar refractivity (Wildman–Crippen MR) is 121 cm³/mol. The number of thioether (sulfide) groups is 1. The Morgan fingerprint density at radius 3 is 2.57 bits per heavy atom. The number of nitrogens with zero attached hydrogens (tertiary/aromatic N) is 1. The first kappa shape index (κ1) is 20.7. The quantitative estimate of drug-likeness (QED) is 0.431. The van der Waals surface area contributed by atoms with Crippen molar-refractivity contribution in [2.75, 3.05) is 18.2 Å². The lowest BCUT2D eigenvalue weighted by atomic mass is 9.90. The summed E-state index contributed by atoms with van der Waals surface area (Å²) in [5.74, 6) is -0.274. The summed E-state index contributed by atoms with van der Waals surface area (Å²) in [4.78, 5) is 28.8. The lowest BCUT2D eigenvalue weighted by Gasteiger charge is -2.21. The number of nitrogens with one attached hydrogen (secondary N) is 1. The molecule has 4 rings (SSSR count). The van der Waals surface area contributed by atoms with Gasteiger partial charge in [0.2, 0.25) is 5.91 Å². The Labute approximate surface area is 184 Å². The molecule has 1 amide bonds. The summed E-state index contributed by atoms with van der Waals surface area (Å²) < 4.78 is 4.68. The number of aryl methyl sites for hydroxylation is 1. The summed E-state index contributed by atoms with van der Waals surface area (Å²) in [7, 11) is 1.34. The van der Waals surface area contributed by atoms with E-state index in [-0.39, 0.29) is 11.7 Å².